The minimum absolute atomic E-state index is 0.141. The van der Waals surface area contributed by atoms with E-state index in [4.69, 9.17) is 10.5 Å². The molecule has 0 aromatic carbocycles. The summed E-state index contributed by atoms with van der Waals surface area (Å²) in [5.74, 6) is -1.25. The average molecular weight is 232 g/mol. The molecular weight excluding hydrogens is 212 g/mol. The predicted octanol–water partition coefficient (Wildman–Crippen LogP) is -0.582. The number of methoxy groups -OCH3 is 1. The second kappa shape index (κ2) is 8.06. The summed E-state index contributed by atoms with van der Waals surface area (Å²) < 4.78 is 9.56. The number of carbonyl (C=O) groups excluding carboxylic acids is 2. The van der Waals surface area contributed by atoms with E-state index in [1.54, 1.807) is 14.0 Å². The van der Waals surface area contributed by atoms with Gasteiger partial charge in [-0.1, -0.05) is 6.92 Å². The van der Waals surface area contributed by atoms with E-state index in [2.05, 4.69) is 10.1 Å². The molecule has 0 saturated carbocycles. The zero-order valence-electron chi connectivity index (χ0n) is 9.99. The molecule has 0 aliphatic heterocycles. The van der Waals surface area contributed by atoms with Crippen LogP contribution in [0.15, 0.2) is 0 Å². The Bertz CT molecular complexity index is 233. The molecule has 0 radical (unpaired) electrons. The Hall–Kier alpha value is -1.14. The number of rotatable bonds is 7. The molecular formula is C10H20N2O4. The Kier molecular flexibility index (Phi) is 7.49. The van der Waals surface area contributed by atoms with Crippen LogP contribution in [0.25, 0.3) is 0 Å². The van der Waals surface area contributed by atoms with Gasteiger partial charge in [0.2, 0.25) is 5.91 Å². The Morgan fingerprint density at radius 3 is 2.44 bits per heavy atom. The van der Waals surface area contributed by atoms with Crippen LogP contribution in [0.2, 0.25) is 0 Å². The molecule has 0 heterocycles. The molecule has 0 fully saturated rings. The largest absolute Gasteiger partial charge is 0.464 e. The van der Waals surface area contributed by atoms with E-state index in [9.17, 15) is 9.59 Å². The van der Waals surface area contributed by atoms with Crippen molar-refractivity contribution in [3.8, 4) is 0 Å². The van der Waals surface area contributed by atoms with E-state index in [1.807, 2.05) is 6.92 Å². The van der Waals surface area contributed by atoms with Gasteiger partial charge in [0.15, 0.2) is 6.04 Å². The molecule has 0 rings (SSSR count). The SMILES string of the molecule is CCOC(=O)C(N)C(=O)NC(CC)COC. The summed E-state index contributed by atoms with van der Waals surface area (Å²) in [7, 11) is 1.54. The van der Waals surface area contributed by atoms with Crippen molar-refractivity contribution in [2.45, 2.75) is 32.4 Å². The number of ether oxygens (including phenoxy) is 2. The first-order chi connectivity index (χ1) is 7.56. The number of nitrogens with one attached hydrogen (secondary N) is 1. The topological polar surface area (TPSA) is 90.7 Å². The van der Waals surface area contributed by atoms with Crippen LogP contribution in [-0.4, -0.2) is 44.3 Å². The number of hydrogen-bond acceptors (Lipinski definition) is 5. The first kappa shape index (κ1) is 14.9. The van der Waals surface area contributed by atoms with Crippen LogP contribution in [0.1, 0.15) is 20.3 Å². The number of esters is 1. The first-order valence-electron chi connectivity index (χ1n) is 5.28. The number of amides is 1. The minimum atomic E-state index is -1.27. The van der Waals surface area contributed by atoms with Crippen molar-refractivity contribution in [2.24, 2.45) is 5.73 Å². The van der Waals surface area contributed by atoms with Gasteiger partial charge in [0.1, 0.15) is 0 Å². The molecule has 0 saturated heterocycles. The third-order valence-corrected chi connectivity index (χ3v) is 2.03. The van der Waals surface area contributed by atoms with Gasteiger partial charge in [0.05, 0.1) is 19.3 Å². The molecule has 0 aromatic heterocycles. The van der Waals surface area contributed by atoms with Gasteiger partial charge in [-0.15, -0.1) is 0 Å². The van der Waals surface area contributed by atoms with Crippen molar-refractivity contribution in [1.29, 1.82) is 0 Å². The highest BCUT2D eigenvalue weighted by Crippen LogP contribution is 1.94. The molecule has 6 heteroatoms. The summed E-state index contributed by atoms with van der Waals surface area (Å²) in [5.41, 5.74) is 5.42. The maximum Gasteiger partial charge on any atom is 0.332 e. The Balaban J connectivity index is 4.17. The first-order valence-corrected chi connectivity index (χ1v) is 5.28. The van der Waals surface area contributed by atoms with Crippen LogP contribution in [0, 0.1) is 0 Å². The van der Waals surface area contributed by atoms with E-state index < -0.39 is 17.9 Å². The van der Waals surface area contributed by atoms with E-state index in [1.165, 1.54) is 0 Å². The summed E-state index contributed by atoms with van der Waals surface area (Å²) in [5, 5.41) is 2.62. The average Bonchev–Trinajstić information content (AvgIpc) is 2.27. The van der Waals surface area contributed by atoms with Crippen molar-refractivity contribution in [3.63, 3.8) is 0 Å². The van der Waals surface area contributed by atoms with Crippen molar-refractivity contribution >= 4 is 11.9 Å². The quantitative estimate of drug-likeness (QED) is 0.452. The standard InChI is InChI=1S/C10H20N2O4/c1-4-7(6-15-3)12-9(13)8(11)10(14)16-5-2/h7-8H,4-6,11H2,1-3H3,(H,12,13). The zero-order chi connectivity index (χ0) is 12.6. The smallest absolute Gasteiger partial charge is 0.332 e. The van der Waals surface area contributed by atoms with Crippen LogP contribution < -0.4 is 11.1 Å². The van der Waals surface area contributed by atoms with Gasteiger partial charge >= 0.3 is 5.97 Å². The fourth-order valence-electron chi connectivity index (χ4n) is 1.09. The molecule has 0 aromatic rings. The number of hydrogen-bond donors (Lipinski definition) is 2. The number of nitrogens with two attached hydrogens (primary N) is 1. The van der Waals surface area contributed by atoms with Gasteiger partial charge in [0, 0.05) is 7.11 Å². The Morgan fingerprint density at radius 2 is 2.00 bits per heavy atom. The molecule has 2 unspecified atom stereocenters. The molecule has 0 spiro atoms. The van der Waals surface area contributed by atoms with Gasteiger partial charge in [0.25, 0.3) is 0 Å². The van der Waals surface area contributed by atoms with Crippen molar-refractivity contribution in [2.75, 3.05) is 20.3 Å². The lowest BCUT2D eigenvalue weighted by Crippen LogP contribution is -2.50. The molecule has 6 nitrogen and oxygen atoms in total. The zero-order valence-corrected chi connectivity index (χ0v) is 9.99. The van der Waals surface area contributed by atoms with Gasteiger partial charge < -0.3 is 20.5 Å². The second-order valence-corrected chi connectivity index (χ2v) is 3.30. The Morgan fingerprint density at radius 1 is 1.38 bits per heavy atom. The van der Waals surface area contributed by atoms with E-state index >= 15 is 0 Å². The van der Waals surface area contributed by atoms with Gasteiger partial charge in [-0.25, -0.2) is 4.79 Å². The predicted molar refractivity (Wildman–Crippen MR) is 58.7 cm³/mol. The maximum atomic E-state index is 11.5. The summed E-state index contributed by atoms with van der Waals surface area (Å²) in [6.45, 7) is 4.15. The summed E-state index contributed by atoms with van der Waals surface area (Å²) in [6.07, 6.45) is 0.703. The molecule has 94 valence electrons. The van der Waals surface area contributed by atoms with Crippen LogP contribution in [0.3, 0.4) is 0 Å². The normalized spacial score (nSPS) is 14.0. The van der Waals surface area contributed by atoms with E-state index in [0.29, 0.717) is 13.0 Å². The van der Waals surface area contributed by atoms with Crippen molar-refractivity contribution in [1.82, 2.24) is 5.32 Å². The highest BCUT2D eigenvalue weighted by molar-refractivity contribution is 6.01. The lowest BCUT2D eigenvalue weighted by atomic mass is 10.2. The summed E-state index contributed by atoms with van der Waals surface area (Å²) in [4.78, 5) is 22.7. The van der Waals surface area contributed by atoms with Crippen molar-refractivity contribution < 1.29 is 19.1 Å². The van der Waals surface area contributed by atoms with Gasteiger partial charge in [-0.2, -0.15) is 0 Å². The fraction of sp³-hybridized carbons (Fsp3) is 0.800. The fourth-order valence-corrected chi connectivity index (χ4v) is 1.09. The molecule has 3 N–H and O–H groups in total. The monoisotopic (exact) mass is 232 g/mol. The third-order valence-electron chi connectivity index (χ3n) is 2.03. The van der Waals surface area contributed by atoms with E-state index in [0.717, 1.165) is 0 Å². The third kappa shape index (κ3) is 5.09. The molecule has 16 heavy (non-hydrogen) atoms. The highest BCUT2D eigenvalue weighted by atomic mass is 16.5. The molecule has 2 atom stereocenters. The van der Waals surface area contributed by atoms with Crippen LogP contribution >= 0.6 is 0 Å². The summed E-state index contributed by atoms with van der Waals surface area (Å²) in [6, 6.07) is -1.41. The number of carbonyl (C=O) groups is 2. The lowest BCUT2D eigenvalue weighted by Gasteiger charge is -2.18. The highest BCUT2D eigenvalue weighted by Gasteiger charge is 2.24. The van der Waals surface area contributed by atoms with Crippen LogP contribution in [0.4, 0.5) is 0 Å². The van der Waals surface area contributed by atoms with Gasteiger partial charge in [-0.05, 0) is 13.3 Å². The molecule has 0 aliphatic carbocycles. The summed E-state index contributed by atoms with van der Waals surface area (Å²) >= 11 is 0. The maximum absolute atomic E-state index is 11.5. The second-order valence-electron chi connectivity index (χ2n) is 3.30. The van der Waals surface area contributed by atoms with Crippen LogP contribution in [0.5, 0.6) is 0 Å². The Labute approximate surface area is 95.5 Å². The van der Waals surface area contributed by atoms with E-state index in [-0.39, 0.29) is 12.6 Å². The lowest BCUT2D eigenvalue weighted by molar-refractivity contribution is -0.148. The molecule has 0 bridgehead atoms. The molecule has 0 aliphatic rings. The molecule has 1 amide bonds. The van der Waals surface area contributed by atoms with Gasteiger partial charge in [-0.3, -0.25) is 4.79 Å². The van der Waals surface area contributed by atoms with Crippen molar-refractivity contribution in [3.05, 3.63) is 0 Å². The van der Waals surface area contributed by atoms with Crippen LogP contribution in [-0.2, 0) is 19.1 Å². The minimum Gasteiger partial charge on any atom is -0.464 e.